The number of likely N-dealkylation sites (N-methyl/N-ethyl adjacent to an activating group) is 1. The summed E-state index contributed by atoms with van der Waals surface area (Å²) < 4.78 is 22.4. The molecule has 0 bridgehead atoms. The maximum atomic E-state index is 11.8. The molecule has 15 heavy (non-hydrogen) atoms. The van der Waals surface area contributed by atoms with E-state index >= 15 is 0 Å². The first-order chi connectivity index (χ1) is 6.54. The summed E-state index contributed by atoms with van der Waals surface area (Å²) in [6, 6.07) is 0. The molecule has 0 heterocycles. The number of rotatable bonds is 4. The van der Waals surface area contributed by atoms with Crippen molar-refractivity contribution in [1.82, 2.24) is 4.90 Å². The van der Waals surface area contributed by atoms with Crippen LogP contribution in [0.25, 0.3) is 0 Å². The lowest BCUT2D eigenvalue weighted by Crippen LogP contribution is -2.53. The van der Waals surface area contributed by atoms with Crippen LogP contribution in [0.4, 0.5) is 0 Å². The second kappa shape index (κ2) is 4.49. The fourth-order valence-corrected chi connectivity index (χ4v) is 1.42. The monoisotopic (exact) mass is 236 g/mol. The van der Waals surface area contributed by atoms with Crippen molar-refractivity contribution in [2.45, 2.75) is 31.6 Å². The lowest BCUT2D eigenvalue weighted by molar-refractivity contribution is -0.133. The number of carbonyl (C=O) groups is 1. The van der Waals surface area contributed by atoms with Gasteiger partial charge in [0.15, 0.2) is 9.84 Å². The van der Waals surface area contributed by atoms with Crippen LogP contribution in [0.15, 0.2) is 0 Å². The zero-order valence-corrected chi connectivity index (χ0v) is 10.8. The standard InChI is InChI=1S/C9H20N2O3S/c1-7(15(5,13)14)8(12)11(4)9(2,3)6-10/h7H,6,10H2,1-5H3. The predicted octanol–water partition coefficient (Wildman–Crippen LogP) is -0.385. The van der Waals surface area contributed by atoms with E-state index in [2.05, 4.69) is 0 Å². The second-order valence-corrected chi connectivity index (χ2v) is 6.75. The van der Waals surface area contributed by atoms with E-state index in [1.165, 1.54) is 11.8 Å². The van der Waals surface area contributed by atoms with Gasteiger partial charge in [0, 0.05) is 25.4 Å². The summed E-state index contributed by atoms with van der Waals surface area (Å²) in [5, 5.41) is -1.02. The van der Waals surface area contributed by atoms with Crippen LogP contribution in [0.3, 0.4) is 0 Å². The summed E-state index contributed by atoms with van der Waals surface area (Å²) in [7, 11) is -1.78. The number of nitrogens with two attached hydrogens (primary N) is 1. The Bertz CT molecular complexity index is 335. The average molecular weight is 236 g/mol. The van der Waals surface area contributed by atoms with Gasteiger partial charge in [0.05, 0.1) is 0 Å². The second-order valence-electron chi connectivity index (χ2n) is 4.39. The average Bonchev–Trinajstić information content (AvgIpc) is 2.12. The van der Waals surface area contributed by atoms with Gasteiger partial charge in [-0.05, 0) is 20.8 Å². The lowest BCUT2D eigenvalue weighted by atomic mass is 10.0. The Balaban J connectivity index is 4.90. The van der Waals surface area contributed by atoms with Gasteiger partial charge in [-0.2, -0.15) is 0 Å². The Morgan fingerprint density at radius 2 is 1.87 bits per heavy atom. The van der Waals surface area contributed by atoms with Gasteiger partial charge >= 0.3 is 0 Å². The molecule has 0 aromatic heterocycles. The zero-order chi connectivity index (χ0) is 12.4. The zero-order valence-electron chi connectivity index (χ0n) is 9.94. The molecule has 0 saturated heterocycles. The normalized spacial score (nSPS) is 14.8. The topological polar surface area (TPSA) is 80.5 Å². The van der Waals surface area contributed by atoms with Crippen molar-refractivity contribution >= 4 is 15.7 Å². The molecule has 0 fully saturated rings. The lowest BCUT2D eigenvalue weighted by Gasteiger charge is -2.35. The summed E-state index contributed by atoms with van der Waals surface area (Å²) in [6.07, 6.45) is 1.05. The van der Waals surface area contributed by atoms with Crippen LogP contribution in [0.2, 0.25) is 0 Å². The SMILES string of the molecule is CC(C(=O)N(C)C(C)(C)CN)S(C)(=O)=O. The Kier molecular flexibility index (Phi) is 4.30. The number of nitrogens with zero attached hydrogens (tertiary/aromatic N) is 1. The highest BCUT2D eigenvalue weighted by atomic mass is 32.2. The smallest absolute Gasteiger partial charge is 0.240 e. The molecule has 0 aliphatic heterocycles. The van der Waals surface area contributed by atoms with Gasteiger partial charge in [0.1, 0.15) is 5.25 Å². The van der Waals surface area contributed by atoms with Crippen LogP contribution in [0.1, 0.15) is 20.8 Å². The molecule has 0 aliphatic carbocycles. The molecule has 90 valence electrons. The van der Waals surface area contributed by atoms with E-state index in [4.69, 9.17) is 5.73 Å². The van der Waals surface area contributed by atoms with Crippen molar-refractivity contribution in [3.05, 3.63) is 0 Å². The minimum absolute atomic E-state index is 0.283. The molecule has 5 nitrogen and oxygen atoms in total. The fourth-order valence-electron chi connectivity index (χ4n) is 0.891. The Morgan fingerprint density at radius 3 is 2.13 bits per heavy atom. The van der Waals surface area contributed by atoms with Crippen LogP contribution in [-0.2, 0) is 14.6 Å². The number of sulfone groups is 1. The summed E-state index contributed by atoms with van der Waals surface area (Å²) in [5.41, 5.74) is 4.98. The van der Waals surface area contributed by atoms with Crippen LogP contribution in [0.5, 0.6) is 0 Å². The van der Waals surface area contributed by atoms with Gasteiger partial charge < -0.3 is 10.6 Å². The number of hydrogen-bond acceptors (Lipinski definition) is 4. The molecule has 1 atom stereocenters. The van der Waals surface area contributed by atoms with Crippen molar-refractivity contribution in [2.24, 2.45) is 5.73 Å². The summed E-state index contributed by atoms with van der Waals surface area (Å²) in [5.74, 6) is -0.423. The van der Waals surface area contributed by atoms with Gasteiger partial charge in [-0.25, -0.2) is 8.42 Å². The van der Waals surface area contributed by atoms with Gasteiger partial charge in [-0.3, -0.25) is 4.79 Å². The maximum Gasteiger partial charge on any atom is 0.240 e. The number of hydrogen-bond donors (Lipinski definition) is 1. The largest absolute Gasteiger partial charge is 0.338 e. The Labute approximate surface area is 91.5 Å². The first kappa shape index (κ1) is 14.4. The van der Waals surface area contributed by atoms with Crippen LogP contribution in [0, 0.1) is 0 Å². The first-order valence-electron chi connectivity index (χ1n) is 4.70. The predicted molar refractivity (Wildman–Crippen MR) is 60.2 cm³/mol. The van der Waals surface area contributed by atoms with Crippen LogP contribution in [-0.4, -0.2) is 49.9 Å². The molecule has 6 heteroatoms. The van der Waals surface area contributed by atoms with Crippen molar-refractivity contribution in [2.75, 3.05) is 19.8 Å². The summed E-state index contributed by atoms with van der Waals surface area (Å²) in [4.78, 5) is 13.2. The third-order valence-corrected chi connectivity index (χ3v) is 4.21. The quantitative estimate of drug-likeness (QED) is 0.721. The number of carbonyl (C=O) groups excluding carboxylic acids is 1. The third kappa shape index (κ3) is 3.46. The fraction of sp³-hybridized carbons (Fsp3) is 0.889. The molecule has 0 saturated carbocycles. The van der Waals surface area contributed by atoms with E-state index in [-0.39, 0.29) is 6.54 Å². The summed E-state index contributed by atoms with van der Waals surface area (Å²) >= 11 is 0. The van der Waals surface area contributed by atoms with E-state index in [1.54, 1.807) is 20.9 Å². The van der Waals surface area contributed by atoms with Gasteiger partial charge in [-0.1, -0.05) is 0 Å². The highest BCUT2D eigenvalue weighted by Gasteiger charge is 2.33. The van der Waals surface area contributed by atoms with Crippen molar-refractivity contribution in [3.8, 4) is 0 Å². The van der Waals surface area contributed by atoms with E-state index < -0.39 is 26.5 Å². The molecule has 0 spiro atoms. The highest BCUT2D eigenvalue weighted by Crippen LogP contribution is 2.14. The van der Waals surface area contributed by atoms with Crippen molar-refractivity contribution < 1.29 is 13.2 Å². The Morgan fingerprint density at radius 1 is 1.47 bits per heavy atom. The van der Waals surface area contributed by atoms with Gasteiger partial charge in [0.25, 0.3) is 0 Å². The molecule has 2 N–H and O–H groups in total. The molecular weight excluding hydrogens is 216 g/mol. The first-order valence-corrected chi connectivity index (χ1v) is 6.66. The Hall–Kier alpha value is -0.620. The third-order valence-electron chi connectivity index (χ3n) is 2.73. The molecule has 0 rings (SSSR count). The van der Waals surface area contributed by atoms with Gasteiger partial charge in [0.2, 0.25) is 5.91 Å². The maximum absolute atomic E-state index is 11.8. The van der Waals surface area contributed by atoms with E-state index in [9.17, 15) is 13.2 Å². The molecule has 1 amide bonds. The van der Waals surface area contributed by atoms with Gasteiger partial charge in [-0.15, -0.1) is 0 Å². The highest BCUT2D eigenvalue weighted by molar-refractivity contribution is 7.92. The van der Waals surface area contributed by atoms with E-state index in [1.807, 2.05) is 0 Å². The molecule has 0 aromatic carbocycles. The minimum atomic E-state index is -3.35. The molecule has 0 aromatic rings. The molecular formula is C9H20N2O3S. The molecule has 0 aliphatic rings. The van der Waals surface area contributed by atoms with E-state index in [0.29, 0.717) is 0 Å². The van der Waals surface area contributed by atoms with Crippen molar-refractivity contribution in [1.29, 1.82) is 0 Å². The molecule has 1 unspecified atom stereocenters. The van der Waals surface area contributed by atoms with Crippen LogP contribution >= 0.6 is 0 Å². The summed E-state index contributed by atoms with van der Waals surface area (Å²) in [6.45, 7) is 5.26. The van der Waals surface area contributed by atoms with Crippen LogP contribution < -0.4 is 5.73 Å². The van der Waals surface area contributed by atoms with E-state index in [0.717, 1.165) is 6.26 Å². The van der Waals surface area contributed by atoms with Crippen molar-refractivity contribution in [3.63, 3.8) is 0 Å². The minimum Gasteiger partial charge on any atom is -0.338 e. The molecule has 0 radical (unpaired) electrons. The number of amides is 1.